The Hall–Kier alpha value is -5.48. The minimum absolute atomic E-state index is 0.0480. The maximum Gasteiger partial charge on any atom is 0.510 e. The summed E-state index contributed by atoms with van der Waals surface area (Å²) in [6.45, 7) is -1.26. The first kappa shape index (κ1) is 41.2. The van der Waals surface area contributed by atoms with Gasteiger partial charge in [-0.15, -0.1) is 0 Å². The summed E-state index contributed by atoms with van der Waals surface area (Å²) in [5.41, 5.74) is -0.121. The van der Waals surface area contributed by atoms with Crippen molar-refractivity contribution in [2.75, 3.05) is 27.4 Å². The van der Waals surface area contributed by atoms with Gasteiger partial charge in [-0.05, 0) is 42.0 Å². The van der Waals surface area contributed by atoms with Crippen molar-refractivity contribution in [3.05, 3.63) is 76.5 Å². The van der Waals surface area contributed by atoms with Gasteiger partial charge in [0, 0.05) is 17.7 Å². The number of hydrogen-bond acceptors (Lipinski definition) is 18. The molecule has 4 aliphatic rings. The highest BCUT2D eigenvalue weighted by Crippen LogP contribution is 2.45. The van der Waals surface area contributed by atoms with Gasteiger partial charge in [-0.1, -0.05) is 12.1 Å². The smallest absolute Gasteiger partial charge is 0.508 e. The Morgan fingerprint density at radius 2 is 1.35 bits per heavy atom. The van der Waals surface area contributed by atoms with E-state index in [0.29, 0.717) is 5.56 Å². The van der Waals surface area contributed by atoms with Crippen LogP contribution in [-0.4, -0.2) is 146 Å². The van der Waals surface area contributed by atoms with Crippen LogP contribution in [0.2, 0.25) is 0 Å². The average molecular weight is 802 g/mol. The van der Waals surface area contributed by atoms with Crippen molar-refractivity contribution in [2.24, 2.45) is 0 Å². The lowest BCUT2D eigenvalue weighted by atomic mass is 9.99. The molecule has 0 radical (unpaired) electrons. The number of phenols is 2. The number of aliphatic hydroxyl groups is 7. The molecule has 0 spiro atoms. The number of aromatic hydroxyl groups is 2. The van der Waals surface area contributed by atoms with E-state index in [1.807, 2.05) is 0 Å². The predicted molar refractivity (Wildman–Crippen MR) is 194 cm³/mol. The van der Waals surface area contributed by atoms with Gasteiger partial charge in [-0.25, -0.2) is 0 Å². The first-order valence-corrected chi connectivity index (χ1v) is 17.3. The maximum atomic E-state index is 13.5. The fraction of sp³-hybridized carbons (Fsp3) is 0.368. The van der Waals surface area contributed by atoms with Crippen LogP contribution in [0.15, 0.2) is 69.9 Å². The molecule has 10 atom stereocenters. The third kappa shape index (κ3) is 8.76. The minimum atomic E-state index is -1.89. The zero-order valence-electron chi connectivity index (χ0n) is 30.2. The number of fused-ring (bicyclic) bond motifs is 1. The molecule has 6 rings (SSSR count). The summed E-state index contributed by atoms with van der Waals surface area (Å²) in [7, 11) is 2.55. The number of ether oxygens (including phenoxy) is 7. The summed E-state index contributed by atoms with van der Waals surface area (Å²) >= 11 is 0. The lowest BCUT2D eigenvalue weighted by molar-refractivity contribution is -0.277. The molecule has 3 heterocycles. The monoisotopic (exact) mass is 801 g/mol. The van der Waals surface area contributed by atoms with Gasteiger partial charge in [-0.3, -0.25) is 4.79 Å². The van der Waals surface area contributed by atoms with Gasteiger partial charge in [0.1, 0.15) is 60.0 Å². The highest BCUT2D eigenvalue weighted by Gasteiger charge is 2.47. The first-order valence-electron chi connectivity index (χ1n) is 17.3. The Kier molecular flexibility index (Phi) is 12.5. The number of esters is 1. The number of hydrogen-bond donors (Lipinski definition) is 9. The third-order valence-corrected chi connectivity index (χ3v) is 9.25. The molecule has 0 amide bonds. The summed E-state index contributed by atoms with van der Waals surface area (Å²) < 4.78 is 45.0. The molecule has 0 saturated carbocycles. The number of benzene rings is 3. The van der Waals surface area contributed by atoms with Gasteiger partial charge in [0.2, 0.25) is 24.9 Å². The molecule has 3 aliphatic heterocycles. The van der Waals surface area contributed by atoms with E-state index in [2.05, 4.69) is 0 Å². The number of rotatable bonds is 12. The van der Waals surface area contributed by atoms with Crippen LogP contribution in [0.5, 0.6) is 34.5 Å². The van der Waals surface area contributed by atoms with E-state index in [9.17, 15) is 55.5 Å². The van der Waals surface area contributed by atoms with Crippen molar-refractivity contribution in [3.63, 3.8) is 0 Å². The summed E-state index contributed by atoms with van der Waals surface area (Å²) in [5, 5.41) is 92.9. The lowest BCUT2D eigenvalue weighted by Gasteiger charge is -2.39. The molecular formula is C38H41O19+. The molecule has 2 saturated heterocycles. The van der Waals surface area contributed by atoms with Gasteiger partial charge in [0.25, 0.3) is 0 Å². The van der Waals surface area contributed by atoms with Gasteiger partial charge < -0.3 is 88.3 Å². The van der Waals surface area contributed by atoms with Crippen LogP contribution >= 0.6 is 0 Å². The average Bonchev–Trinajstić information content (AvgIpc) is 3.20. The number of aliphatic hydroxyl groups excluding tert-OH is 7. The Labute approximate surface area is 322 Å². The second kappa shape index (κ2) is 17.3. The second-order valence-electron chi connectivity index (χ2n) is 13.0. The molecule has 19 heteroatoms. The standard InChI is InChI=1S/C38H40O19/c1-50-23-9-17(10-24(51-2)29(23)43)36-25(13-20-21(41)11-19(12-22(20)54-36)53-37-34(48)32(46)30(44)26(14-39)56-37)55-38-35(49)33(47)31(45)27(57-38)15-52-28(42)8-5-16-3-6-18(40)7-4-16/h3-13,26-27,30-35,37-40,43-49H,14-15H2,1-2H3/p+1/t26-,27-,30-,31-,32+,33+,34-,35-,37-,38-/m1/s1. The van der Waals surface area contributed by atoms with Gasteiger partial charge in [0.15, 0.2) is 34.5 Å². The molecule has 0 unspecified atom stereocenters. The van der Waals surface area contributed by atoms with Crippen LogP contribution < -0.4 is 24.4 Å². The van der Waals surface area contributed by atoms with Gasteiger partial charge >= 0.3 is 5.97 Å². The minimum Gasteiger partial charge on any atom is -0.508 e. The Bertz CT molecular complexity index is 2050. The molecule has 0 bridgehead atoms. The Balaban J connectivity index is 1.32. The van der Waals surface area contributed by atoms with Crippen molar-refractivity contribution in [1.29, 1.82) is 0 Å². The molecule has 57 heavy (non-hydrogen) atoms. The highest BCUT2D eigenvalue weighted by atomic mass is 16.7. The number of methoxy groups -OCH3 is 2. The molecule has 2 fully saturated rings. The fourth-order valence-electron chi connectivity index (χ4n) is 6.09. The van der Waals surface area contributed by atoms with Crippen LogP contribution in [0.25, 0.3) is 28.7 Å². The molecule has 0 aromatic heterocycles. The normalized spacial score (nSPS) is 27.6. The quantitative estimate of drug-likeness (QED) is 0.0493. The van der Waals surface area contributed by atoms with Crippen molar-refractivity contribution in [2.45, 2.75) is 61.4 Å². The highest BCUT2D eigenvalue weighted by molar-refractivity contribution is 5.88. The topological polar surface area (TPSA) is 298 Å². The molecular weight excluding hydrogens is 760 g/mol. The first-order chi connectivity index (χ1) is 27.2. The zero-order valence-corrected chi connectivity index (χ0v) is 30.2. The Morgan fingerprint density at radius 3 is 1.96 bits per heavy atom. The zero-order chi connectivity index (χ0) is 41.1. The fourth-order valence-corrected chi connectivity index (χ4v) is 6.09. The van der Waals surface area contributed by atoms with Crippen LogP contribution in [0.1, 0.15) is 5.56 Å². The van der Waals surface area contributed by atoms with Crippen molar-refractivity contribution in [3.8, 4) is 57.1 Å². The van der Waals surface area contributed by atoms with Gasteiger partial charge in [0.05, 0.1) is 32.5 Å². The van der Waals surface area contributed by atoms with E-state index in [1.165, 1.54) is 62.8 Å². The molecule has 19 nitrogen and oxygen atoms in total. The van der Waals surface area contributed by atoms with Crippen molar-refractivity contribution >= 4 is 12.0 Å². The summed E-state index contributed by atoms with van der Waals surface area (Å²) in [5.74, 6) is -1.88. The largest absolute Gasteiger partial charge is 0.510 e. The maximum absolute atomic E-state index is 13.5. The van der Waals surface area contributed by atoms with Crippen LogP contribution in [-0.2, 0) is 14.2 Å². The number of phenolic OH excluding ortho intramolecular Hbond substituents is 2. The van der Waals surface area contributed by atoms with E-state index < -0.39 is 86.0 Å². The Morgan fingerprint density at radius 1 is 0.754 bits per heavy atom. The molecule has 306 valence electrons. The van der Waals surface area contributed by atoms with Crippen LogP contribution in [0.4, 0.5) is 0 Å². The van der Waals surface area contributed by atoms with Crippen molar-refractivity contribution < 1.29 is 88.3 Å². The lowest BCUT2D eigenvalue weighted by Crippen LogP contribution is -2.60. The SMILES string of the molecule is COc1cc(-c2oc3cc(O[C@@H]4O[C@H](CO)[C@@H](O)[C@H](O)[C@H]4O)cc(=O)c-3cc2O[C@@H]2O[C@H](COC(=[OH+])C=Cc3ccc(O)cc3)[C@@H](O)[C@H](O)[C@H]2O)cc(OC)c1O. The van der Waals surface area contributed by atoms with E-state index in [4.69, 9.17) is 37.6 Å². The van der Waals surface area contributed by atoms with E-state index in [1.54, 1.807) is 12.1 Å². The number of carbonyl (C=O) groups excluding carboxylic acids is 1. The second-order valence-corrected chi connectivity index (χ2v) is 13.0. The van der Waals surface area contributed by atoms with Crippen LogP contribution in [0.3, 0.4) is 0 Å². The third-order valence-electron chi connectivity index (χ3n) is 9.25. The summed E-state index contributed by atoms with van der Waals surface area (Å²) in [6.07, 6.45) is -14.1. The van der Waals surface area contributed by atoms with Crippen LogP contribution in [0, 0.1) is 0 Å². The predicted octanol–water partition coefficient (Wildman–Crippen LogP) is -0.563. The summed E-state index contributed by atoms with van der Waals surface area (Å²) in [4.78, 5) is 23.8. The molecule has 1 aliphatic carbocycles. The van der Waals surface area contributed by atoms with E-state index in [0.717, 1.165) is 6.07 Å². The van der Waals surface area contributed by atoms with E-state index in [-0.39, 0.29) is 57.1 Å². The molecule has 2 aromatic rings. The molecule has 2 aromatic carbocycles. The summed E-state index contributed by atoms with van der Waals surface area (Å²) in [6, 6.07) is 12.2. The van der Waals surface area contributed by atoms with E-state index >= 15 is 0 Å². The molecule has 10 N–H and O–H groups in total. The van der Waals surface area contributed by atoms with Gasteiger partial charge in [-0.2, -0.15) is 0 Å². The van der Waals surface area contributed by atoms with Crippen molar-refractivity contribution in [1.82, 2.24) is 0 Å².